The molecule has 0 spiro atoms. The second-order valence-corrected chi connectivity index (χ2v) is 10.0. The third-order valence-electron chi connectivity index (χ3n) is 7.15. The Morgan fingerprint density at radius 2 is 2.12 bits per heavy atom. The third kappa shape index (κ3) is 4.06. The Labute approximate surface area is 191 Å². The molecule has 5 rings (SSSR count). The summed E-state index contributed by atoms with van der Waals surface area (Å²) < 4.78 is 19.1. The number of nitrogens with zero attached hydrogens (tertiary/aromatic N) is 2. The van der Waals surface area contributed by atoms with Gasteiger partial charge in [-0.2, -0.15) is 0 Å². The highest BCUT2D eigenvalue weighted by Gasteiger charge is 2.52. The highest BCUT2D eigenvalue weighted by atomic mass is 32.1. The highest BCUT2D eigenvalue weighted by Crippen LogP contribution is 2.40. The van der Waals surface area contributed by atoms with E-state index >= 15 is 0 Å². The van der Waals surface area contributed by atoms with Gasteiger partial charge in [0.2, 0.25) is 5.91 Å². The summed E-state index contributed by atoms with van der Waals surface area (Å²) in [5.41, 5.74) is 0.914. The molecular formula is C24H28FN3O3S. The smallest absolute Gasteiger partial charge is 0.252 e. The molecule has 2 saturated carbocycles. The summed E-state index contributed by atoms with van der Waals surface area (Å²) in [5, 5.41) is 5.91. The van der Waals surface area contributed by atoms with Crippen LogP contribution < -0.4 is 5.32 Å². The number of ether oxygens (including phenoxy) is 1. The third-order valence-corrected chi connectivity index (χ3v) is 8.09. The Hall–Kier alpha value is -2.32. The standard InChI is InChI=1S/C24H28FN3O3S/c1-31-24(9-10-24)23(30)27-19-8-11-28(22(29)15-4-2-5-15)20(19)13-18-14-32-21(26-18)16-6-3-7-17(25)12-16/h3,6-7,12,14-15,19-20H,2,4-5,8-11,13H2,1H3,(H,27,30)/t19-,20-/m0/s1. The number of aromatic nitrogens is 1. The number of amides is 2. The Bertz CT molecular complexity index is 1020. The number of hydrogen-bond acceptors (Lipinski definition) is 5. The van der Waals surface area contributed by atoms with E-state index in [2.05, 4.69) is 5.32 Å². The van der Waals surface area contributed by atoms with Crippen molar-refractivity contribution >= 4 is 23.2 Å². The molecule has 3 fully saturated rings. The largest absolute Gasteiger partial charge is 0.368 e. The van der Waals surface area contributed by atoms with Crippen molar-refractivity contribution in [2.24, 2.45) is 5.92 Å². The van der Waals surface area contributed by atoms with Crippen LogP contribution in [0.25, 0.3) is 10.6 Å². The number of hydrogen-bond donors (Lipinski definition) is 1. The van der Waals surface area contributed by atoms with Gasteiger partial charge in [0.05, 0.1) is 17.8 Å². The van der Waals surface area contributed by atoms with Crippen molar-refractivity contribution < 1.29 is 18.7 Å². The molecule has 1 aromatic carbocycles. The number of methoxy groups -OCH3 is 1. The van der Waals surface area contributed by atoms with Crippen LogP contribution in [0.3, 0.4) is 0 Å². The second-order valence-electron chi connectivity index (χ2n) is 9.15. The van der Waals surface area contributed by atoms with Crippen molar-refractivity contribution in [2.75, 3.05) is 13.7 Å². The van der Waals surface area contributed by atoms with E-state index in [1.807, 2.05) is 16.3 Å². The first-order valence-corrected chi connectivity index (χ1v) is 12.2. The molecule has 2 atom stereocenters. The van der Waals surface area contributed by atoms with Gasteiger partial charge in [-0.3, -0.25) is 9.59 Å². The molecule has 32 heavy (non-hydrogen) atoms. The number of nitrogens with one attached hydrogen (secondary N) is 1. The van der Waals surface area contributed by atoms with Crippen LogP contribution in [0.2, 0.25) is 0 Å². The lowest BCUT2D eigenvalue weighted by Crippen LogP contribution is -2.52. The Morgan fingerprint density at radius 1 is 1.31 bits per heavy atom. The first-order valence-electron chi connectivity index (χ1n) is 11.4. The maximum atomic E-state index is 13.6. The summed E-state index contributed by atoms with van der Waals surface area (Å²) in [6.45, 7) is 0.645. The van der Waals surface area contributed by atoms with Crippen molar-refractivity contribution in [1.82, 2.24) is 15.2 Å². The zero-order valence-electron chi connectivity index (χ0n) is 18.2. The molecule has 0 radical (unpaired) electrons. The van der Waals surface area contributed by atoms with E-state index in [4.69, 9.17) is 9.72 Å². The quantitative estimate of drug-likeness (QED) is 0.690. The van der Waals surface area contributed by atoms with Crippen molar-refractivity contribution in [3.05, 3.63) is 41.2 Å². The maximum absolute atomic E-state index is 13.6. The molecule has 2 heterocycles. The molecule has 1 saturated heterocycles. The minimum Gasteiger partial charge on any atom is -0.368 e. The van der Waals surface area contributed by atoms with Crippen LogP contribution in [-0.2, 0) is 20.7 Å². The molecule has 1 aliphatic heterocycles. The van der Waals surface area contributed by atoms with Crippen molar-refractivity contribution in [2.45, 2.75) is 62.6 Å². The monoisotopic (exact) mass is 457 g/mol. The van der Waals surface area contributed by atoms with Gasteiger partial charge in [-0.25, -0.2) is 9.37 Å². The number of halogens is 1. The number of carbonyl (C=O) groups is 2. The molecule has 1 N–H and O–H groups in total. The maximum Gasteiger partial charge on any atom is 0.252 e. The Kier molecular flexibility index (Phi) is 5.75. The minimum atomic E-state index is -0.693. The van der Waals surface area contributed by atoms with Gasteiger partial charge in [0.15, 0.2) is 0 Å². The number of thiazole rings is 1. The Morgan fingerprint density at radius 3 is 2.78 bits per heavy atom. The molecule has 6 nitrogen and oxygen atoms in total. The summed E-state index contributed by atoms with van der Waals surface area (Å²) in [5.74, 6) is -0.0562. The zero-order chi connectivity index (χ0) is 22.3. The van der Waals surface area contributed by atoms with Crippen LogP contribution in [0, 0.1) is 11.7 Å². The average molecular weight is 458 g/mol. The van der Waals surface area contributed by atoms with Gasteiger partial charge in [0.1, 0.15) is 16.4 Å². The lowest BCUT2D eigenvalue weighted by atomic mass is 9.84. The first-order chi connectivity index (χ1) is 15.5. The zero-order valence-corrected chi connectivity index (χ0v) is 19.0. The fourth-order valence-corrected chi connectivity index (χ4v) is 5.57. The van der Waals surface area contributed by atoms with Gasteiger partial charge < -0.3 is 15.0 Å². The van der Waals surface area contributed by atoms with Crippen molar-refractivity contribution in [1.29, 1.82) is 0 Å². The number of likely N-dealkylation sites (tertiary alicyclic amines) is 1. The van der Waals surface area contributed by atoms with E-state index in [-0.39, 0.29) is 35.6 Å². The van der Waals surface area contributed by atoms with Gasteiger partial charge in [-0.05, 0) is 44.2 Å². The topological polar surface area (TPSA) is 71.5 Å². The summed E-state index contributed by atoms with van der Waals surface area (Å²) >= 11 is 1.47. The Balaban J connectivity index is 1.35. The van der Waals surface area contributed by atoms with Gasteiger partial charge >= 0.3 is 0 Å². The molecule has 1 aromatic heterocycles. The van der Waals surface area contributed by atoms with Gasteiger partial charge in [0, 0.05) is 36.9 Å². The van der Waals surface area contributed by atoms with Crippen LogP contribution in [0.15, 0.2) is 29.6 Å². The summed E-state index contributed by atoms with van der Waals surface area (Å²) in [4.78, 5) is 32.6. The predicted molar refractivity (Wildman–Crippen MR) is 120 cm³/mol. The summed E-state index contributed by atoms with van der Waals surface area (Å²) in [6.07, 6.45) is 5.78. The molecule has 2 aliphatic carbocycles. The number of rotatable bonds is 7. The highest BCUT2D eigenvalue weighted by molar-refractivity contribution is 7.13. The lowest BCUT2D eigenvalue weighted by molar-refractivity contribution is -0.140. The predicted octanol–water partition coefficient (Wildman–Crippen LogP) is 3.56. The second kappa shape index (κ2) is 8.56. The molecule has 8 heteroatoms. The lowest BCUT2D eigenvalue weighted by Gasteiger charge is -2.34. The molecule has 3 aliphatic rings. The molecule has 0 bridgehead atoms. The summed E-state index contributed by atoms with van der Waals surface area (Å²) in [7, 11) is 1.58. The number of carbonyl (C=O) groups excluding carboxylic acids is 2. The van der Waals surface area contributed by atoms with Crippen LogP contribution in [0.4, 0.5) is 4.39 Å². The van der Waals surface area contributed by atoms with E-state index in [0.29, 0.717) is 13.0 Å². The fraction of sp³-hybridized carbons (Fsp3) is 0.542. The van der Waals surface area contributed by atoms with E-state index < -0.39 is 5.60 Å². The van der Waals surface area contributed by atoms with E-state index in [0.717, 1.165) is 54.8 Å². The number of benzene rings is 1. The molecule has 2 aromatic rings. The van der Waals surface area contributed by atoms with Gasteiger partial charge in [-0.1, -0.05) is 18.6 Å². The van der Waals surface area contributed by atoms with Crippen molar-refractivity contribution in [3.8, 4) is 10.6 Å². The van der Waals surface area contributed by atoms with Crippen LogP contribution in [0.5, 0.6) is 0 Å². The fourth-order valence-electron chi connectivity index (χ4n) is 4.74. The van der Waals surface area contributed by atoms with Crippen LogP contribution >= 0.6 is 11.3 Å². The normalized spacial score (nSPS) is 24.2. The van der Waals surface area contributed by atoms with Crippen LogP contribution in [-0.4, -0.2) is 53.0 Å². The van der Waals surface area contributed by atoms with E-state index in [9.17, 15) is 14.0 Å². The minimum absolute atomic E-state index is 0.0772. The molecule has 2 amide bonds. The first kappa shape index (κ1) is 21.5. The molecule has 0 unspecified atom stereocenters. The van der Waals surface area contributed by atoms with Gasteiger partial charge in [0.25, 0.3) is 5.91 Å². The van der Waals surface area contributed by atoms with E-state index in [1.165, 1.54) is 23.5 Å². The average Bonchev–Trinajstić information content (AvgIpc) is 3.25. The summed E-state index contributed by atoms with van der Waals surface area (Å²) in [6, 6.07) is 6.15. The van der Waals surface area contributed by atoms with E-state index in [1.54, 1.807) is 13.2 Å². The molecular weight excluding hydrogens is 429 g/mol. The van der Waals surface area contributed by atoms with Crippen LogP contribution in [0.1, 0.15) is 44.2 Å². The molecule has 170 valence electrons. The van der Waals surface area contributed by atoms with Crippen molar-refractivity contribution in [3.63, 3.8) is 0 Å². The SMILES string of the molecule is COC1(C(=O)N[C@H]2CCN(C(=O)C3CCC3)[C@H]2Cc2csc(-c3cccc(F)c3)n2)CC1. The van der Waals surface area contributed by atoms with Gasteiger partial charge in [-0.15, -0.1) is 11.3 Å².